The molecule has 1 aromatic heterocycles. The highest BCUT2D eigenvalue weighted by molar-refractivity contribution is 7.98. The minimum absolute atomic E-state index is 0.0469. The summed E-state index contributed by atoms with van der Waals surface area (Å²) in [5, 5.41) is 4.92. The monoisotopic (exact) mass is 187 g/mol. The van der Waals surface area contributed by atoms with Crippen LogP contribution in [0.4, 0.5) is 0 Å². The van der Waals surface area contributed by atoms with Gasteiger partial charge in [0.2, 0.25) is 0 Å². The molecule has 4 nitrogen and oxygen atoms in total. The van der Waals surface area contributed by atoms with Crippen molar-refractivity contribution in [2.24, 2.45) is 7.05 Å². The van der Waals surface area contributed by atoms with E-state index in [-0.39, 0.29) is 11.7 Å². The van der Waals surface area contributed by atoms with Crippen molar-refractivity contribution in [1.82, 2.24) is 14.3 Å². The number of nitrogens with zero attached hydrogens (tertiary/aromatic N) is 3. The number of thioether (sulfide) groups is 1. The molecule has 5 heteroatoms. The molecular weight excluding hydrogens is 174 g/mol. The fraction of sp³-hybridized carbons (Fsp3) is 0.714. The Labute approximate surface area is 75.6 Å². The van der Waals surface area contributed by atoms with Gasteiger partial charge in [-0.15, -0.1) is 5.10 Å². The lowest BCUT2D eigenvalue weighted by molar-refractivity contribution is 0.504. The van der Waals surface area contributed by atoms with Crippen molar-refractivity contribution >= 4 is 11.8 Å². The van der Waals surface area contributed by atoms with Gasteiger partial charge in [-0.2, -0.15) is 0 Å². The first-order chi connectivity index (χ1) is 5.57. The Morgan fingerprint density at radius 2 is 2.08 bits per heavy atom. The molecule has 0 N–H and O–H groups in total. The van der Waals surface area contributed by atoms with Crippen LogP contribution >= 0.6 is 11.8 Å². The third kappa shape index (κ3) is 1.41. The second kappa shape index (κ2) is 3.35. The maximum absolute atomic E-state index is 11.4. The topological polar surface area (TPSA) is 39.8 Å². The Morgan fingerprint density at radius 1 is 1.50 bits per heavy atom. The molecule has 0 radical (unpaired) electrons. The van der Waals surface area contributed by atoms with Crippen molar-refractivity contribution in [3.8, 4) is 0 Å². The average molecular weight is 187 g/mol. The summed E-state index contributed by atoms with van der Waals surface area (Å²) in [4.78, 5) is 11.4. The first-order valence-corrected chi connectivity index (χ1v) is 5.00. The molecule has 0 saturated heterocycles. The van der Waals surface area contributed by atoms with Gasteiger partial charge in [0, 0.05) is 7.05 Å². The highest BCUT2D eigenvalue weighted by atomic mass is 32.2. The summed E-state index contributed by atoms with van der Waals surface area (Å²) in [7, 11) is 1.74. The average Bonchev–Trinajstić information content (AvgIpc) is 2.30. The number of hydrogen-bond acceptors (Lipinski definition) is 3. The summed E-state index contributed by atoms with van der Waals surface area (Å²) in [6.45, 7) is 3.89. The molecule has 0 aliphatic heterocycles. The largest absolute Gasteiger partial charge is 0.346 e. The minimum atomic E-state index is -0.0469. The van der Waals surface area contributed by atoms with Crippen molar-refractivity contribution in [2.45, 2.75) is 25.0 Å². The van der Waals surface area contributed by atoms with E-state index in [0.29, 0.717) is 0 Å². The van der Waals surface area contributed by atoms with Crippen LogP contribution in [-0.4, -0.2) is 20.6 Å². The van der Waals surface area contributed by atoms with Gasteiger partial charge in [-0.25, -0.2) is 9.48 Å². The number of aromatic nitrogens is 3. The normalized spacial score (nSPS) is 11.1. The van der Waals surface area contributed by atoms with Gasteiger partial charge >= 0.3 is 5.69 Å². The molecule has 0 fully saturated rings. The first kappa shape index (κ1) is 9.38. The van der Waals surface area contributed by atoms with Crippen molar-refractivity contribution in [2.75, 3.05) is 6.26 Å². The van der Waals surface area contributed by atoms with Crippen LogP contribution in [0.3, 0.4) is 0 Å². The maximum atomic E-state index is 11.4. The van der Waals surface area contributed by atoms with Crippen molar-refractivity contribution in [1.29, 1.82) is 0 Å². The molecule has 0 bridgehead atoms. The van der Waals surface area contributed by atoms with Crippen LogP contribution in [0.25, 0.3) is 0 Å². The fourth-order valence-corrected chi connectivity index (χ4v) is 1.47. The Balaban J connectivity index is 3.25. The third-order valence-electron chi connectivity index (χ3n) is 1.63. The van der Waals surface area contributed by atoms with Crippen molar-refractivity contribution in [3.05, 3.63) is 10.5 Å². The SMILES string of the molecule is CSc1nn(C(C)C)c(=O)n1C. The van der Waals surface area contributed by atoms with Crippen LogP contribution in [0, 0.1) is 0 Å². The Morgan fingerprint density at radius 3 is 2.33 bits per heavy atom. The van der Waals surface area contributed by atoms with E-state index < -0.39 is 0 Å². The molecule has 0 aliphatic carbocycles. The molecular formula is C7H13N3OS. The lowest BCUT2D eigenvalue weighted by Crippen LogP contribution is -2.24. The summed E-state index contributed by atoms with van der Waals surface area (Å²) >= 11 is 1.48. The summed E-state index contributed by atoms with van der Waals surface area (Å²) < 4.78 is 3.05. The highest BCUT2D eigenvalue weighted by Crippen LogP contribution is 2.08. The molecule has 1 rings (SSSR count). The maximum Gasteiger partial charge on any atom is 0.346 e. The Bertz CT molecular complexity index is 326. The predicted octanol–water partition coefficient (Wildman–Crippen LogP) is 0.885. The molecule has 68 valence electrons. The lowest BCUT2D eigenvalue weighted by Gasteiger charge is -2.00. The molecule has 0 atom stereocenters. The Kier molecular flexibility index (Phi) is 2.62. The van der Waals surface area contributed by atoms with Gasteiger partial charge in [-0.05, 0) is 20.1 Å². The van der Waals surface area contributed by atoms with Crippen molar-refractivity contribution in [3.63, 3.8) is 0 Å². The van der Waals surface area contributed by atoms with Crippen LogP contribution in [-0.2, 0) is 7.05 Å². The smallest absolute Gasteiger partial charge is 0.273 e. The van der Waals surface area contributed by atoms with Gasteiger partial charge in [0.25, 0.3) is 0 Å². The third-order valence-corrected chi connectivity index (χ3v) is 2.36. The second-order valence-electron chi connectivity index (χ2n) is 2.87. The number of rotatable bonds is 2. The van der Waals surface area contributed by atoms with Crippen LogP contribution in [0.5, 0.6) is 0 Å². The summed E-state index contributed by atoms with van der Waals surface area (Å²) in [5.41, 5.74) is -0.0469. The van der Waals surface area contributed by atoms with Gasteiger partial charge < -0.3 is 0 Å². The number of hydrogen-bond donors (Lipinski definition) is 0. The van der Waals surface area contributed by atoms with E-state index in [1.165, 1.54) is 16.4 Å². The zero-order valence-corrected chi connectivity index (χ0v) is 8.55. The zero-order chi connectivity index (χ0) is 9.30. The van der Waals surface area contributed by atoms with E-state index in [4.69, 9.17) is 0 Å². The van der Waals surface area contributed by atoms with Gasteiger partial charge in [-0.1, -0.05) is 11.8 Å². The quantitative estimate of drug-likeness (QED) is 0.645. The van der Waals surface area contributed by atoms with E-state index in [0.717, 1.165) is 5.16 Å². The van der Waals surface area contributed by atoms with Gasteiger partial charge in [0.05, 0.1) is 6.04 Å². The molecule has 0 aromatic carbocycles. The molecule has 0 aliphatic rings. The fourth-order valence-electron chi connectivity index (χ4n) is 0.952. The van der Waals surface area contributed by atoms with Gasteiger partial charge in [-0.3, -0.25) is 4.57 Å². The van der Waals surface area contributed by atoms with E-state index in [1.54, 1.807) is 11.6 Å². The molecule has 1 heterocycles. The first-order valence-electron chi connectivity index (χ1n) is 3.77. The molecule has 0 saturated carbocycles. The van der Waals surface area contributed by atoms with Crippen LogP contribution in [0.2, 0.25) is 0 Å². The van der Waals surface area contributed by atoms with Gasteiger partial charge in [0.15, 0.2) is 5.16 Å². The Hall–Kier alpha value is -0.710. The van der Waals surface area contributed by atoms with E-state index in [9.17, 15) is 4.79 Å². The van der Waals surface area contributed by atoms with Crippen LogP contribution in [0.15, 0.2) is 9.95 Å². The summed E-state index contributed by atoms with van der Waals surface area (Å²) in [5.74, 6) is 0. The van der Waals surface area contributed by atoms with E-state index in [1.807, 2.05) is 20.1 Å². The summed E-state index contributed by atoms with van der Waals surface area (Å²) in [6, 6.07) is 0.129. The zero-order valence-electron chi connectivity index (χ0n) is 7.74. The van der Waals surface area contributed by atoms with E-state index in [2.05, 4.69) is 5.10 Å². The van der Waals surface area contributed by atoms with Gasteiger partial charge in [0.1, 0.15) is 0 Å². The molecule has 12 heavy (non-hydrogen) atoms. The van der Waals surface area contributed by atoms with E-state index >= 15 is 0 Å². The lowest BCUT2D eigenvalue weighted by atomic mass is 10.4. The molecule has 0 spiro atoms. The van der Waals surface area contributed by atoms with Crippen LogP contribution in [0.1, 0.15) is 19.9 Å². The highest BCUT2D eigenvalue weighted by Gasteiger charge is 2.10. The predicted molar refractivity (Wildman–Crippen MR) is 49.6 cm³/mol. The summed E-state index contributed by atoms with van der Waals surface area (Å²) in [6.07, 6.45) is 1.91. The van der Waals surface area contributed by atoms with Crippen LogP contribution < -0.4 is 5.69 Å². The minimum Gasteiger partial charge on any atom is -0.273 e. The molecule has 0 amide bonds. The molecule has 0 unspecified atom stereocenters. The second-order valence-corrected chi connectivity index (χ2v) is 3.64. The van der Waals surface area contributed by atoms with Crippen molar-refractivity contribution < 1.29 is 0 Å². The standard InChI is InChI=1S/C7H13N3OS/c1-5(2)10-7(11)9(3)6(8-10)12-4/h5H,1-4H3. The molecule has 1 aromatic rings.